The minimum atomic E-state index is 0. The summed E-state index contributed by atoms with van der Waals surface area (Å²) < 4.78 is 0. The lowest BCUT2D eigenvalue weighted by molar-refractivity contribution is 0.140. The minimum absolute atomic E-state index is 0. The summed E-state index contributed by atoms with van der Waals surface area (Å²) in [5.41, 5.74) is 0. The molecular weight excluding hydrogens is 419 g/mol. The molecule has 6 heteroatoms. The predicted octanol–water partition coefficient (Wildman–Crippen LogP) is 3.13. The molecule has 0 saturated carbocycles. The van der Waals surface area contributed by atoms with Crippen molar-refractivity contribution in [1.82, 2.24) is 15.1 Å². The van der Waals surface area contributed by atoms with Crippen LogP contribution in [0.25, 0.3) is 0 Å². The third-order valence-corrected chi connectivity index (χ3v) is 6.31. The summed E-state index contributed by atoms with van der Waals surface area (Å²) in [6, 6.07) is 0.673. The van der Waals surface area contributed by atoms with Crippen molar-refractivity contribution in [1.29, 1.82) is 0 Å². The quantitative estimate of drug-likeness (QED) is 0.402. The van der Waals surface area contributed by atoms with Gasteiger partial charge in [0.15, 0.2) is 5.96 Å². The molecule has 2 atom stereocenters. The first kappa shape index (κ1) is 21.4. The van der Waals surface area contributed by atoms with E-state index in [2.05, 4.69) is 52.6 Å². The molecule has 136 valence electrons. The van der Waals surface area contributed by atoms with Gasteiger partial charge in [0.1, 0.15) is 0 Å². The van der Waals surface area contributed by atoms with Crippen LogP contribution in [-0.2, 0) is 0 Å². The molecule has 0 aromatic rings. The Morgan fingerprint density at radius 2 is 2.09 bits per heavy atom. The molecule has 2 heterocycles. The summed E-state index contributed by atoms with van der Waals surface area (Å²) in [5.74, 6) is 3.10. The Bertz CT molecular complexity index is 365. The fourth-order valence-corrected chi connectivity index (χ4v) is 4.64. The second kappa shape index (κ2) is 11.0. The lowest BCUT2D eigenvalue weighted by Crippen LogP contribution is -2.50. The van der Waals surface area contributed by atoms with Gasteiger partial charge in [-0.1, -0.05) is 6.92 Å². The van der Waals surface area contributed by atoms with E-state index in [0.29, 0.717) is 6.04 Å². The summed E-state index contributed by atoms with van der Waals surface area (Å²) in [7, 11) is 1.92. The number of aliphatic imine (C=N–C) groups is 1. The van der Waals surface area contributed by atoms with Gasteiger partial charge in [-0.05, 0) is 45.6 Å². The maximum Gasteiger partial charge on any atom is 0.193 e. The van der Waals surface area contributed by atoms with Crippen molar-refractivity contribution in [2.24, 2.45) is 10.9 Å². The van der Waals surface area contributed by atoms with Gasteiger partial charge in [0.05, 0.1) is 0 Å². The highest BCUT2D eigenvalue weighted by Gasteiger charge is 2.24. The molecule has 2 fully saturated rings. The van der Waals surface area contributed by atoms with Crippen LogP contribution in [0.5, 0.6) is 0 Å². The lowest BCUT2D eigenvalue weighted by atomic mass is 9.97. The second-order valence-corrected chi connectivity index (χ2v) is 8.28. The van der Waals surface area contributed by atoms with Gasteiger partial charge in [0.25, 0.3) is 0 Å². The first-order valence-corrected chi connectivity index (χ1v) is 10.00. The van der Waals surface area contributed by atoms with E-state index >= 15 is 0 Å². The molecule has 1 N–H and O–H groups in total. The summed E-state index contributed by atoms with van der Waals surface area (Å²) >= 11 is 2.11. The van der Waals surface area contributed by atoms with Gasteiger partial charge in [-0.3, -0.25) is 4.99 Å². The number of thioether (sulfide) groups is 1. The molecule has 23 heavy (non-hydrogen) atoms. The smallest absolute Gasteiger partial charge is 0.193 e. The zero-order valence-corrected chi connectivity index (χ0v) is 18.4. The van der Waals surface area contributed by atoms with Gasteiger partial charge >= 0.3 is 0 Å². The second-order valence-electron chi connectivity index (χ2n) is 6.87. The highest BCUT2D eigenvalue weighted by molar-refractivity contribution is 14.0. The number of piperidine rings is 1. The Labute approximate surface area is 164 Å². The Kier molecular flexibility index (Phi) is 10.2. The molecule has 0 aromatic carbocycles. The fourth-order valence-electron chi connectivity index (χ4n) is 3.46. The maximum absolute atomic E-state index is 4.53. The maximum atomic E-state index is 4.53. The van der Waals surface area contributed by atoms with Crippen molar-refractivity contribution in [2.45, 2.75) is 51.3 Å². The van der Waals surface area contributed by atoms with E-state index in [1.165, 1.54) is 38.1 Å². The Morgan fingerprint density at radius 1 is 1.30 bits per heavy atom. The molecule has 0 spiro atoms. The number of rotatable bonds is 4. The fraction of sp³-hybridized carbons (Fsp3) is 0.941. The van der Waals surface area contributed by atoms with Crippen LogP contribution < -0.4 is 5.32 Å². The van der Waals surface area contributed by atoms with Gasteiger partial charge in [-0.25, -0.2) is 0 Å². The molecule has 4 nitrogen and oxygen atoms in total. The number of hydrogen-bond donors (Lipinski definition) is 1. The topological polar surface area (TPSA) is 30.9 Å². The predicted molar refractivity (Wildman–Crippen MR) is 114 cm³/mol. The van der Waals surface area contributed by atoms with Crippen LogP contribution in [0.3, 0.4) is 0 Å². The monoisotopic (exact) mass is 454 g/mol. The van der Waals surface area contributed by atoms with Gasteiger partial charge in [-0.2, -0.15) is 11.8 Å². The van der Waals surface area contributed by atoms with E-state index < -0.39 is 0 Å². The average Bonchev–Trinajstić information content (AvgIpc) is 2.56. The molecule has 2 aliphatic heterocycles. The van der Waals surface area contributed by atoms with Crippen molar-refractivity contribution in [3.05, 3.63) is 0 Å². The summed E-state index contributed by atoms with van der Waals surface area (Å²) in [6.07, 6.45) is 3.94. The molecule has 0 radical (unpaired) electrons. The van der Waals surface area contributed by atoms with Crippen LogP contribution in [0.15, 0.2) is 4.99 Å². The van der Waals surface area contributed by atoms with Crippen LogP contribution in [0.2, 0.25) is 0 Å². The Hall–Kier alpha value is 0.310. The van der Waals surface area contributed by atoms with E-state index in [0.717, 1.165) is 36.8 Å². The third-order valence-electron chi connectivity index (χ3n) is 4.94. The number of guanidine groups is 1. The Balaban J connectivity index is 0.00000264. The van der Waals surface area contributed by atoms with E-state index in [4.69, 9.17) is 0 Å². The molecule has 0 amide bonds. The van der Waals surface area contributed by atoms with Gasteiger partial charge < -0.3 is 15.1 Å². The first-order chi connectivity index (χ1) is 10.6. The van der Waals surface area contributed by atoms with Crippen LogP contribution in [0.1, 0.15) is 40.0 Å². The van der Waals surface area contributed by atoms with Gasteiger partial charge in [0, 0.05) is 50.3 Å². The number of nitrogens with zero attached hydrogens (tertiary/aromatic N) is 3. The number of nitrogens with one attached hydrogen (secondary N) is 1. The van der Waals surface area contributed by atoms with Crippen LogP contribution in [-0.4, -0.2) is 72.6 Å². The normalized spacial score (nSPS) is 27.0. The van der Waals surface area contributed by atoms with Crippen molar-refractivity contribution in [2.75, 3.05) is 45.5 Å². The van der Waals surface area contributed by atoms with E-state index in [-0.39, 0.29) is 24.0 Å². The number of halogens is 1. The molecule has 2 unspecified atom stereocenters. The molecule has 0 aromatic heterocycles. The standard InChI is InChI=1S/C17H34N4S.HI/c1-5-16-13-21(9-10-22-16)17(18-4)19-11-15-7-6-8-20(12-15)14(2)3;/h14-16H,5-13H2,1-4H3,(H,18,19);1H. The minimum Gasteiger partial charge on any atom is -0.356 e. The molecule has 2 rings (SSSR count). The van der Waals surface area contributed by atoms with Gasteiger partial charge in [-0.15, -0.1) is 24.0 Å². The molecule has 0 aliphatic carbocycles. The summed E-state index contributed by atoms with van der Waals surface area (Å²) in [5, 5.41) is 4.42. The first-order valence-electron chi connectivity index (χ1n) is 8.95. The van der Waals surface area contributed by atoms with Crippen molar-refractivity contribution >= 4 is 41.7 Å². The molecular formula is C17H35IN4S. The van der Waals surface area contributed by atoms with E-state index in [1.807, 2.05) is 7.05 Å². The van der Waals surface area contributed by atoms with Crippen LogP contribution >= 0.6 is 35.7 Å². The van der Waals surface area contributed by atoms with E-state index in [1.54, 1.807) is 0 Å². The summed E-state index contributed by atoms with van der Waals surface area (Å²) in [6.45, 7) is 12.7. The van der Waals surface area contributed by atoms with Crippen LogP contribution in [0, 0.1) is 5.92 Å². The molecule has 0 bridgehead atoms. The van der Waals surface area contributed by atoms with Crippen molar-refractivity contribution in [3.63, 3.8) is 0 Å². The lowest BCUT2D eigenvalue weighted by Gasteiger charge is -2.37. The number of hydrogen-bond acceptors (Lipinski definition) is 3. The van der Waals surface area contributed by atoms with E-state index in [9.17, 15) is 0 Å². The largest absolute Gasteiger partial charge is 0.356 e. The molecule has 2 aliphatic rings. The zero-order chi connectivity index (χ0) is 15.9. The van der Waals surface area contributed by atoms with Gasteiger partial charge in [0.2, 0.25) is 0 Å². The SMILES string of the molecule is CCC1CN(C(=NC)NCC2CCCN(C(C)C)C2)CCS1.I. The highest BCUT2D eigenvalue weighted by atomic mass is 127. The van der Waals surface area contributed by atoms with Crippen LogP contribution in [0.4, 0.5) is 0 Å². The number of likely N-dealkylation sites (tertiary alicyclic amines) is 1. The third kappa shape index (κ3) is 6.61. The summed E-state index contributed by atoms with van der Waals surface area (Å²) in [4.78, 5) is 9.59. The Morgan fingerprint density at radius 3 is 2.74 bits per heavy atom. The van der Waals surface area contributed by atoms with Crippen molar-refractivity contribution in [3.8, 4) is 0 Å². The zero-order valence-electron chi connectivity index (χ0n) is 15.3. The average molecular weight is 454 g/mol. The van der Waals surface area contributed by atoms with Crippen molar-refractivity contribution < 1.29 is 0 Å². The molecule has 2 saturated heterocycles. The highest BCUT2D eigenvalue weighted by Crippen LogP contribution is 2.21.